The Morgan fingerprint density at radius 1 is 1.35 bits per heavy atom. The highest BCUT2D eigenvalue weighted by molar-refractivity contribution is 5.40. The monoisotopic (exact) mass is 424 g/mol. The van der Waals surface area contributed by atoms with Gasteiger partial charge in [0.15, 0.2) is 0 Å². The summed E-state index contributed by atoms with van der Waals surface area (Å²) in [4.78, 5) is 0. The molecule has 0 heterocycles. The normalized spacial score (nSPS) is 34.9. The lowest BCUT2D eigenvalue weighted by atomic mass is 9.62. The molecule has 3 aliphatic carbocycles. The molecule has 170 valence electrons. The highest BCUT2D eigenvalue weighted by atomic mass is 16.3. The molecule has 2 fully saturated rings. The lowest BCUT2D eigenvalue weighted by molar-refractivity contribution is 0.115. The highest BCUT2D eigenvalue weighted by Gasteiger charge is 2.45. The first kappa shape index (κ1) is 24.1. The SMILES string of the molecule is C=C1/C(=C\C=C2/CCCC3(C)C(C(C)CC#CC(C)(C)O)=CCC23)CC(O)CC1CO. The van der Waals surface area contributed by atoms with Crippen molar-refractivity contribution in [3.05, 3.63) is 47.1 Å². The molecule has 0 saturated heterocycles. The molecule has 0 aromatic carbocycles. The van der Waals surface area contributed by atoms with Crippen LogP contribution in [-0.4, -0.2) is 33.6 Å². The summed E-state index contributed by atoms with van der Waals surface area (Å²) >= 11 is 0. The predicted octanol–water partition coefficient (Wildman–Crippen LogP) is 5.10. The Kier molecular flexibility index (Phi) is 7.36. The molecular formula is C28H40O3. The van der Waals surface area contributed by atoms with Crippen molar-refractivity contribution >= 4 is 0 Å². The van der Waals surface area contributed by atoms with Crippen LogP contribution >= 0.6 is 0 Å². The van der Waals surface area contributed by atoms with Gasteiger partial charge in [-0.1, -0.05) is 61.6 Å². The van der Waals surface area contributed by atoms with E-state index in [1.54, 1.807) is 13.8 Å². The molecule has 3 heteroatoms. The Balaban J connectivity index is 1.77. The molecule has 2 saturated carbocycles. The second-order valence-corrected chi connectivity index (χ2v) is 10.6. The lowest BCUT2D eigenvalue weighted by Crippen LogP contribution is -2.32. The lowest BCUT2D eigenvalue weighted by Gasteiger charge is -2.42. The molecule has 5 unspecified atom stereocenters. The van der Waals surface area contributed by atoms with Crippen LogP contribution in [0.3, 0.4) is 0 Å². The van der Waals surface area contributed by atoms with Crippen LogP contribution in [0, 0.1) is 35.0 Å². The van der Waals surface area contributed by atoms with Gasteiger partial charge >= 0.3 is 0 Å². The Bertz CT molecular complexity index is 842. The van der Waals surface area contributed by atoms with Gasteiger partial charge in [-0.25, -0.2) is 0 Å². The second-order valence-electron chi connectivity index (χ2n) is 10.6. The van der Waals surface area contributed by atoms with Crippen molar-refractivity contribution in [1.82, 2.24) is 0 Å². The van der Waals surface area contributed by atoms with Gasteiger partial charge in [0.25, 0.3) is 0 Å². The minimum Gasteiger partial charge on any atom is -0.396 e. The summed E-state index contributed by atoms with van der Waals surface area (Å²) < 4.78 is 0. The quantitative estimate of drug-likeness (QED) is 0.435. The van der Waals surface area contributed by atoms with Crippen LogP contribution in [0.1, 0.15) is 72.6 Å². The predicted molar refractivity (Wildman–Crippen MR) is 127 cm³/mol. The van der Waals surface area contributed by atoms with Crippen LogP contribution in [0.4, 0.5) is 0 Å². The number of rotatable bonds is 4. The minimum absolute atomic E-state index is 0.0318. The van der Waals surface area contributed by atoms with Gasteiger partial charge in [0.2, 0.25) is 0 Å². The van der Waals surface area contributed by atoms with Crippen molar-refractivity contribution in [2.24, 2.45) is 23.2 Å². The number of aliphatic hydroxyl groups is 3. The van der Waals surface area contributed by atoms with E-state index in [9.17, 15) is 15.3 Å². The van der Waals surface area contributed by atoms with E-state index in [1.807, 2.05) is 0 Å². The van der Waals surface area contributed by atoms with Crippen LogP contribution in [-0.2, 0) is 0 Å². The average Bonchev–Trinajstić information content (AvgIpc) is 3.04. The van der Waals surface area contributed by atoms with E-state index in [2.05, 4.69) is 50.5 Å². The maximum absolute atomic E-state index is 10.2. The number of hydrogen-bond acceptors (Lipinski definition) is 3. The van der Waals surface area contributed by atoms with Gasteiger partial charge in [0.05, 0.1) is 12.7 Å². The maximum atomic E-state index is 10.2. The zero-order valence-electron chi connectivity index (χ0n) is 19.7. The van der Waals surface area contributed by atoms with Crippen molar-refractivity contribution < 1.29 is 15.3 Å². The molecule has 0 aromatic rings. The summed E-state index contributed by atoms with van der Waals surface area (Å²) in [6.45, 7) is 12.4. The average molecular weight is 425 g/mol. The van der Waals surface area contributed by atoms with Gasteiger partial charge in [-0.2, -0.15) is 0 Å². The van der Waals surface area contributed by atoms with Crippen molar-refractivity contribution in [2.75, 3.05) is 6.61 Å². The fraction of sp³-hybridized carbons (Fsp3) is 0.643. The summed E-state index contributed by atoms with van der Waals surface area (Å²) in [7, 11) is 0. The highest BCUT2D eigenvalue weighted by Crippen LogP contribution is 2.56. The van der Waals surface area contributed by atoms with Crippen molar-refractivity contribution in [1.29, 1.82) is 0 Å². The molecule has 5 atom stereocenters. The zero-order chi connectivity index (χ0) is 22.8. The van der Waals surface area contributed by atoms with E-state index in [4.69, 9.17) is 0 Å². The maximum Gasteiger partial charge on any atom is 0.119 e. The minimum atomic E-state index is -0.934. The van der Waals surface area contributed by atoms with Crippen molar-refractivity contribution in [3.8, 4) is 11.8 Å². The molecule has 31 heavy (non-hydrogen) atoms. The summed E-state index contributed by atoms with van der Waals surface area (Å²) in [5.41, 5.74) is 4.33. The van der Waals surface area contributed by atoms with E-state index in [-0.39, 0.29) is 17.9 Å². The molecule has 3 nitrogen and oxygen atoms in total. The summed E-state index contributed by atoms with van der Waals surface area (Å²) in [5.74, 6) is 7.03. The largest absolute Gasteiger partial charge is 0.396 e. The Labute approximate surface area is 188 Å². The summed E-state index contributed by atoms with van der Waals surface area (Å²) in [5, 5.41) is 29.7. The topological polar surface area (TPSA) is 60.7 Å². The van der Waals surface area contributed by atoms with Crippen LogP contribution in [0.25, 0.3) is 0 Å². The molecule has 3 aliphatic rings. The van der Waals surface area contributed by atoms with E-state index in [1.165, 1.54) is 24.0 Å². The van der Waals surface area contributed by atoms with E-state index in [0.29, 0.717) is 24.7 Å². The van der Waals surface area contributed by atoms with E-state index < -0.39 is 11.7 Å². The second kappa shape index (κ2) is 9.49. The molecule has 0 amide bonds. The molecule has 3 N–H and O–H groups in total. The molecule has 3 rings (SSSR count). The van der Waals surface area contributed by atoms with Crippen molar-refractivity contribution in [3.63, 3.8) is 0 Å². The molecule has 0 aromatic heterocycles. The third-order valence-corrected chi connectivity index (χ3v) is 7.58. The Morgan fingerprint density at radius 3 is 2.77 bits per heavy atom. The summed E-state index contributed by atoms with van der Waals surface area (Å²) in [6.07, 6.45) is 13.1. The molecule has 0 spiro atoms. The van der Waals surface area contributed by atoms with E-state index in [0.717, 1.165) is 30.4 Å². The van der Waals surface area contributed by atoms with Crippen LogP contribution in [0.5, 0.6) is 0 Å². The van der Waals surface area contributed by atoms with E-state index >= 15 is 0 Å². The standard InChI is InChI=1S/C28H40O3/c1-19(8-6-14-27(3,4)31)25-12-13-26-21(9-7-15-28(25,26)5)10-11-22-16-24(30)17-23(18-29)20(22)2/h10-12,19,23-24,26,29-31H,2,7-9,13,15-18H2,1,3-5H3/b21-10+,22-11-. The fourth-order valence-electron chi connectivity index (χ4n) is 5.91. The van der Waals surface area contributed by atoms with Crippen LogP contribution in [0.15, 0.2) is 47.1 Å². The first-order chi connectivity index (χ1) is 14.5. The first-order valence-electron chi connectivity index (χ1n) is 11.9. The van der Waals surface area contributed by atoms with Crippen LogP contribution in [0.2, 0.25) is 0 Å². The van der Waals surface area contributed by atoms with Gasteiger partial charge in [-0.05, 0) is 80.8 Å². The third-order valence-electron chi connectivity index (χ3n) is 7.58. The first-order valence-corrected chi connectivity index (χ1v) is 11.9. The van der Waals surface area contributed by atoms with Gasteiger partial charge in [-0.15, -0.1) is 0 Å². The summed E-state index contributed by atoms with van der Waals surface area (Å²) in [6, 6.07) is 0. The van der Waals surface area contributed by atoms with Gasteiger partial charge in [0.1, 0.15) is 5.60 Å². The smallest absolute Gasteiger partial charge is 0.119 e. The molecule has 0 aliphatic heterocycles. The van der Waals surface area contributed by atoms with Crippen molar-refractivity contribution in [2.45, 2.75) is 84.3 Å². The molecule has 0 radical (unpaired) electrons. The number of aliphatic hydroxyl groups excluding tert-OH is 2. The molecule has 0 bridgehead atoms. The third kappa shape index (κ3) is 5.43. The Hall–Kier alpha value is -1.60. The Morgan fingerprint density at radius 2 is 2.10 bits per heavy atom. The zero-order valence-corrected chi connectivity index (χ0v) is 19.7. The number of hydrogen-bond donors (Lipinski definition) is 3. The van der Waals surface area contributed by atoms with Gasteiger partial charge in [-0.3, -0.25) is 0 Å². The molecular weight excluding hydrogens is 384 g/mol. The van der Waals surface area contributed by atoms with Gasteiger partial charge < -0.3 is 15.3 Å². The fourth-order valence-corrected chi connectivity index (χ4v) is 5.91. The number of fused-ring (bicyclic) bond motifs is 1. The number of allylic oxidation sites excluding steroid dienone is 5. The van der Waals surface area contributed by atoms with Crippen LogP contribution < -0.4 is 0 Å². The van der Waals surface area contributed by atoms with Gasteiger partial charge in [0, 0.05) is 12.3 Å².